The average molecular weight is 472 g/mol. The largest absolute Gasteiger partial charge is 0.493 e. The van der Waals surface area contributed by atoms with E-state index in [0.29, 0.717) is 24.5 Å². The first-order valence-corrected chi connectivity index (χ1v) is 11.0. The topological polar surface area (TPSA) is 93.9 Å². The molecule has 0 spiro atoms. The Morgan fingerprint density at radius 2 is 2.00 bits per heavy atom. The third kappa shape index (κ3) is 4.67. The van der Waals surface area contributed by atoms with Gasteiger partial charge in [0.05, 0.1) is 37.8 Å². The van der Waals surface area contributed by atoms with Crippen LogP contribution in [0.5, 0.6) is 11.5 Å². The van der Waals surface area contributed by atoms with Crippen molar-refractivity contribution in [2.45, 2.75) is 12.5 Å². The molecule has 3 aromatic rings. The van der Waals surface area contributed by atoms with Crippen molar-refractivity contribution in [1.29, 1.82) is 0 Å². The molecule has 1 aromatic heterocycles. The zero-order chi connectivity index (χ0) is 23.5. The van der Waals surface area contributed by atoms with Gasteiger partial charge in [0.2, 0.25) is 5.91 Å². The number of hydrogen-bond donors (Lipinski definition) is 1. The molecule has 10 heteroatoms. The van der Waals surface area contributed by atoms with Crippen LogP contribution in [0.1, 0.15) is 22.0 Å². The van der Waals surface area contributed by atoms with Gasteiger partial charge in [0.1, 0.15) is 11.5 Å². The highest BCUT2D eigenvalue weighted by Gasteiger charge is 2.32. The van der Waals surface area contributed by atoms with Gasteiger partial charge in [0.25, 0.3) is 5.69 Å². The number of fused-ring (bicyclic) bond motifs is 1. The van der Waals surface area contributed by atoms with E-state index in [2.05, 4.69) is 5.32 Å². The minimum Gasteiger partial charge on any atom is -0.493 e. The standard InChI is InChI=1S/C23H22FN3O5S/c1-31-19-10-14-7-8-26(23(21-4-3-9-33-21)16(14)12-20(19)32-2)13-22(28)25-17-6-5-15(24)11-18(17)27(29)30/h3-6,9-12,23H,7-8,13H2,1-2H3,(H,25,28). The van der Waals surface area contributed by atoms with E-state index >= 15 is 0 Å². The maximum Gasteiger partial charge on any atom is 0.295 e. The van der Waals surface area contributed by atoms with Crippen LogP contribution in [0, 0.1) is 15.9 Å². The van der Waals surface area contributed by atoms with Crippen LogP contribution in [0.15, 0.2) is 47.8 Å². The molecule has 2 aromatic carbocycles. The van der Waals surface area contributed by atoms with E-state index in [9.17, 15) is 19.3 Å². The Hall–Kier alpha value is -3.50. The second-order valence-corrected chi connectivity index (χ2v) is 8.49. The van der Waals surface area contributed by atoms with Crippen molar-refractivity contribution in [1.82, 2.24) is 4.90 Å². The number of anilines is 1. The number of carbonyl (C=O) groups is 1. The van der Waals surface area contributed by atoms with Crippen LogP contribution in [0.25, 0.3) is 0 Å². The molecule has 2 heterocycles. The highest BCUT2D eigenvalue weighted by Crippen LogP contribution is 2.42. The molecule has 0 saturated heterocycles. The molecule has 0 radical (unpaired) electrons. The van der Waals surface area contributed by atoms with E-state index in [4.69, 9.17) is 9.47 Å². The molecule has 1 aliphatic rings. The number of methoxy groups -OCH3 is 2. The monoisotopic (exact) mass is 471 g/mol. The minimum absolute atomic E-state index is 0.00484. The van der Waals surface area contributed by atoms with Crippen LogP contribution in [0.4, 0.5) is 15.8 Å². The molecule has 1 atom stereocenters. The third-order valence-corrected chi connectivity index (χ3v) is 6.49. The van der Waals surface area contributed by atoms with Crippen molar-refractivity contribution >= 4 is 28.6 Å². The number of halogens is 1. The molecule has 172 valence electrons. The third-order valence-electron chi connectivity index (χ3n) is 5.56. The number of carbonyl (C=O) groups excluding carboxylic acids is 1. The first kappa shape index (κ1) is 22.7. The van der Waals surface area contributed by atoms with E-state index in [1.807, 2.05) is 34.5 Å². The summed E-state index contributed by atoms with van der Waals surface area (Å²) in [5.41, 5.74) is 1.60. The quantitative estimate of drug-likeness (QED) is 0.406. The number of rotatable bonds is 7. The van der Waals surface area contributed by atoms with Crippen molar-refractivity contribution in [3.8, 4) is 11.5 Å². The molecule has 33 heavy (non-hydrogen) atoms. The molecule has 1 N–H and O–H groups in total. The second kappa shape index (κ2) is 9.55. The van der Waals surface area contributed by atoms with Gasteiger partial charge in [-0.25, -0.2) is 4.39 Å². The maximum atomic E-state index is 13.4. The van der Waals surface area contributed by atoms with Gasteiger partial charge in [-0.2, -0.15) is 0 Å². The van der Waals surface area contributed by atoms with Gasteiger partial charge in [-0.15, -0.1) is 11.3 Å². The summed E-state index contributed by atoms with van der Waals surface area (Å²) < 4.78 is 24.4. The lowest BCUT2D eigenvalue weighted by Crippen LogP contribution is -2.41. The van der Waals surface area contributed by atoms with Gasteiger partial charge < -0.3 is 14.8 Å². The summed E-state index contributed by atoms with van der Waals surface area (Å²) in [7, 11) is 3.17. The number of nitro groups is 1. The summed E-state index contributed by atoms with van der Waals surface area (Å²) in [5, 5.41) is 15.8. The number of nitrogens with one attached hydrogen (secondary N) is 1. The minimum atomic E-state index is -0.741. The smallest absolute Gasteiger partial charge is 0.295 e. The number of nitrogens with zero attached hydrogens (tertiary/aromatic N) is 2. The van der Waals surface area contributed by atoms with Gasteiger partial charge in [0, 0.05) is 11.4 Å². The van der Waals surface area contributed by atoms with Crippen molar-refractivity contribution in [2.24, 2.45) is 0 Å². The lowest BCUT2D eigenvalue weighted by Gasteiger charge is -2.37. The predicted molar refractivity (Wildman–Crippen MR) is 123 cm³/mol. The van der Waals surface area contributed by atoms with E-state index in [-0.39, 0.29) is 18.3 Å². The molecule has 0 bridgehead atoms. The zero-order valence-corrected chi connectivity index (χ0v) is 18.9. The SMILES string of the molecule is COc1cc2c(cc1OC)C(c1cccs1)N(CC(=O)Nc1ccc(F)cc1[N+](=O)[O-])CC2. The van der Waals surface area contributed by atoms with Gasteiger partial charge in [-0.3, -0.25) is 19.8 Å². The summed E-state index contributed by atoms with van der Waals surface area (Å²) in [6, 6.07) is 10.7. The first-order chi connectivity index (χ1) is 15.9. The lowest BCUT2D eigenvalue weighted by molar-refractivity contribution is -0.384. The van der Waals surface area contributed by atoms with E-state index in [1.165, 1.54) is 6.07 Å². The lowest BCUT2D eigenvalue weighted by atomic mass is 9.91. The molecule has 1 unspecified atom stereocenters. The Balaban J connectivity index is 1.63. The van der Waals surface area contributed by atoms with Crippen molar-refractivity contribution < 1.29 is 23.6 Å². The van der Waals surface area contributed by atoms with Crippen LogP contribution < -0.4 is 14.8 Å². The van der Waals surface area contributed by atoms with Crippen molar-refractivity contribution in [3.05, 3.63) is 79.8 Å². The molecule has 0 saturated carbocycles. The number of hydrogen-bond acceptors (Lipinski definition) is 7. The molecule has 0 aliphatic carbocycles. The van der Waals surface area contributed by atoms with Gasteiger partial charge in [-0.05, 0) is 53.3 Å². The molecule has 1 amide bonds. The molecular weight excluding hydrogens is 449 g/mol. The van der Waals surface area contributed by atoms with E-state index < -0.39 is 22.3 Å². The molecule has 0 fully saturated rings. The van der Waals surface area contributed by atoms with E-state index in [1.54, 1.807) is 25.6 Å². The number of benzene rings is 2. The summed E-state index contributed by atoms with van der Waals surface area (Å²) in [6.07, 6.45) is 0.696. The highest BCUT2D eigenvalue weighted by atomic mass is 32.1. The van der Waals surface area contributed by atoms with Gasteiger partial charge in [-0.1, -0.05) is 6.07 Å². The van der Waals surface area contributed by atoms with Crippen LogP contribution in [-0.4, -0.2) is 43.0 Å². The Labute approximate surface area is 193 Å². The first-order valence-electron chi connectivity index (χ1n) is 10.2. The summed E-state index contributed by atoms with van der Waals surface area (Å²) in [5.74, 6) is 0.0895. The average Bonchev–Trinajstić information content (AvgIpc) is 3.33. The fraction of sp³-hybridized carbons (Fsp3) is 0.261. The Kier molecular flexibility index (Phi) is 6.57. The van der Waals surface area contributed by atoms with Crippen LogP contribution >= 0.6 is 11.3 Å². The molecule has 4 rings (SSSR count). The van der Waals surface area contributed by atoms with Crippen LogP contribution in [-0.2, 0) is 11.2 Å². The van der Waals surface area contributed by atoms with Crippen molar-refractivity contribution in [3.63, 3.8) is 0 Å². The second-order valence-electron chi connectivity index (χ2n) is 7.51. The predicted octanol–water partition coefficient (Wildman–Crippen LogP) is 4.40. The number of nitro benzene ring substituents is 1. The normalized spacial score (nSPS) is 15.5. The summed E-state index contributed by atoms with van der Waals surface area (Å²) >= 11 is 1.58. The maximum absolute atomic E-state index is 13.4. The number of ether oxygens (including phenoxy) is 2. The molecule has 1 aliphatic heterocycles. The highest BCUT2D eigenvalue weighted by molar-refractivity contribution is 7.10. The van der Waals surface area contributed by atoms with Crippen molar-refractivity contribution in [2.75, 3.05) is 32.6 Å². The molecule has 8 nitrogen and oxygen atoms in total. The van der Waals surface area contributed by atoms with Crippen LogP contribution in [0.2, 0.25) is 0 Å². The number of thiophene rings is 1. The van der Waals surface area contributed by atoms with Gasteiger partial charge >= 0.3 is 0 Å². The Bertz CT molecular complexity index is 1190. The molecular formula is C23H22FN3O5S. The summed E-state index contributed by atoms with van der Waals surface area (Å²) in [4.78, 5) is 26.5. The zero-order valence-electron chi connectivity index (χ0n) is 18.0. The van der Waals surface area contributed by atoms with Gasteiger partial charge in [0.15, 0.2) is 11.5 Å². The van der Waals surface area contributed by atoms with Crippen LogP contribution in [0.3, 0.4) is 0 Å². The Morgan fingerprint density at radius 1 is 1.24 bits per heavy atom. The fourth-order valence-corrected chi connectivity index (χ4v) is 4.96. The number of amides is 1. The fourth-order valence-electron chi connectivity index (χ4n) is 4.08. The summed E-state index contributed by atoms with van der Waals surface area (Å²) in [6.45, 7) is 0.606. The Morgan fingerprint density at radius 3 is 2.67 bits per heavy atom. The van der Waals surface area contributed by atoms with E-state index in [0.717, 1.165) is 28.1 Å².